The molecule has 0 saturated heterocycles. The molecule has 3 nitrogen and oxygen atoms in total. The van der Waals surface area contributed by atoms with Crippen LogP contribution in [0.15, 0.2) is 29.2 Å². The lowest BCUT2D eigenvalue weighted by Gasteiger charge is -2.20. The van der Waals surface area contributed by atoms with Crippen molar-refractivity contribution >= 4 is 11.8 Å². The SMILES string of the molecule is CCC(N)C(CO)Sc1ccc(OC)cc1. The van der Waals surface area contributed by atoms with E-state index in [4.69, 9.17) is 10.5 Å². The second-order valence-electron chi connectivity index (χ2n) is 3.59. The third kappa shape index (κ3) is 3.70. The Labute approximate surface area is 101 Å². The first-order valence-electron chi connectivity index (χ1n) is 5.38. The number of hydrogen-bond donors (Lipinski definition) is 2. The molecule has 0 bridgehead atoms. The molecular weight excluding hydrogens is 222 g/mol. The topological polar surface area (TPSA) is 55.5 Å². The van der Waals surface area contributed by atoms with Crippen LogP contribution in [0, 0.1) is 0 Å². The molecule has 1 aromatic rings. The van der Waals surface area contributed by atoms with Gasteiger partial charge in [0.05, 0.1) is 13.7 Å². The molecule has 0 spiro atoms. The van der Waals surface area contributed by atoms with Crippen LogP contribution in [0.5, 0.6) is 5.75 Å². The minimum Gasteiger partial charge on any atom is -0.497 e. The van der Waals surface area contributed by atoms with E-state index in [2.05, 4.69) is 0 Å². The molecular formula is C12H19NO2S. The summed E-state index contributed by atoms with van der Waals surface area (Å²) >= 11 is 1.61. The molecule has 1 rings (SSSR count). The second kappa shape index (κ2) is 6.78. The van der Waals surface area contributed by atoms with Gasteiger partial charge in [0, 0.05) is 16.2 Å². The van der Waals surface area contributed by atoms with Crippen LogP contribution in [0.2, 0.25) is 0 Å². The Hall–Kier alpha value is -0.710. The summed E-state index contributed by atoms with van der Waals surface area (Å²) in [5.41, 5.74) is 5.93. The van der Waals surface area contributed by atoms with Gasteiger partial charge < -0.3 is 15.6 Å². The van der Waals surface area contributed by atoms with Crippen molar-refractivity contribution in [2.75, 3.05) is 13.7 Å². The van der Waals surface area contributed by atoms with Gasteiger partial charge in [0.25, 0.3) is 0 Å². The highest BCUT2D eigenvalue weighted by Crippen LogP contribution is 2.27. The van der Waals surface area contributed by atoms with Gasteiger partial charge >= 0.3 is 0 Å². The molecule has 0 radical (unpaired) electrons. The molecule has 0 aliphatic carbocycles. The van der Waals surface area contributed by atoms with Gasteiger partial charge in [-0.3, -0.25) is 0 Å². The molecule has 4 heteroatoms. The number of nitrogens with two attached hydrogens (primary N) is 1. The third-order valence-corrected chi connectivity index (χ3v) is 3.82. The maximum absolute atomic E-state index is 9.26. The number of hydrogen-bond acceptors (Lipinski definition) is 4. The number of aliphatic hydroxyl groups is 1. The van der Waals surface area contributed by atoms with Crippen molar-refractivity contribution in [2.45, 2.75) is 29.5 Å². The maximum atomic E-state index is 9.26. The van der Waals surface area contributed by atoms with E-state index in [1.807, 2.05) is 31.2 Å². The molecule has 0 aliphatic heterocycles. The van der Waals surface area contributed by atoms with E-state index in [0.717, 1.165) is 17.1 Å². The van der Waals surface area contributed by atoms with Crippen molar-refractivity contribution in [1.29, 1.82) is 0 Å². The van der Waals surface area contributed by atoms with E-state index in [1.54, 1.807) is 18.9 Å². The Bertz CT molecular complexity index is 302. The first-order valence-corrected chi connectivity index (χ1v) is 6.26. The second-order valence-corrected chi connectivity index (χ2v) is 4.90. The highest BCUT2D eigenvalue weighted by molar-refractivity contribution is 8.00. The molecule has 0 amide bonds. The zero-order valence-corrected chi connectivity index (χ0v) is 10.5. The molecule has 90 valence electrons. The number of ether oxygens (including phenoxy) is 1. The van der Waals surface area contributed by atoms with Crippen LogP contribution >= 0.6 is 11.8 Å². The average molecular weight is 241 g/mol. The number of thioether (sulfide) groups is 1. The minimum absolute atomic E-state index is 0.0251. The van der Waals surface area contributed by atoms with Gasteiger partial charge in [0.2, 0.25) is 0 Å². The highest BCUT2D eigenvalue weighted by atomic mass is 32.2. The van der Waals surface area contributed by atoms with Gasteiger partial charge in [0.1, 0.15) is 5.75 Å². The molecule has 2 unspecified atom stereocenters. The zero-order valence-electron chi connectivity index (χ0n) is 9.72. The van der Waals surface area contributed by atoms with E-state index in [9.17, 15) is 5.11 Å². The van der Waals surface area contributed by atoms with Crippen molar-refractivity contribution in [3.8, 4) is 5.75 Å². The van der Waals surface area contributed by atoms with Crippen LogP contribution in [-0.2, 0) is 0 Å². The summed E-state index contributed by atoms with van der Waals surface area (Å²) in [5.74, 6) is 0.838. The van der Waals surface area contributed by atoms with Gasteiger partial charge in [-0.15, -0.1) is 11.8 Å². The molecule has 0 saturated carbocycles. The van der Waals surface area contributed by atoms with Gasteiger partial charge in [-0.1, -0.05) is 6.92 Å². The van der Waals surface area contributed by atoms with Gasteiger partial charge in [-0.05, 0) is 30.7 Å². The fraction of sp³-hybridized carbons (Fsp3) is 0.500. The van der Waals surface area contributed by atoms with E-state index in [-0.39, 0.29) is 17.9 Å². The van der Waals surface area contributed by atoms with Crippen LogP contribution < -0.4 is 10.5 Å². The maximum Gasteiger partial charge on any atom is 0.118 e. The first kappa shape index (κ1) is 13.4. The summed E-state index contributed by atoms with van der Waals surface area (Å²) in [5, 5.41) is 9.32. The van der Waals surface area contributed by atoms with E-state index < -0.39 is 0 Å². The molecule has 16 heavy (non-hydrogen) atoms. The summed E-state index contributed by atoms with van der Waals surface area (Å²) in [4.78, 5) is 1.10. The average Bonchev–Trinajstić information content (AvgIpc) is 2.35. The van der Waals surface area contributed by atoms with E-state index >= 15 is 0 Å². The van der Waals surface area contributed by atoms with Crippen molar-refractivity contribution in [3.05, 3.63) is 24.3 Å². The van der Waals surface area contributed by atoms with Crippen LogP contribution in [0.4, 0.5) is 0 Å². The van der Waals surface area contributed by atoms with Gasteiger partial charge in [-0.2, -0.15) is 0 Å². The first-order chi connectivity index (χ1) is 7.71. The predicted octanol–water partition coefficient (Wildman–Crippen LogP) is 1.89. The lowest BCUT2D eigenvalue weighted by Crippen LogP contribution is -2.34. The van der Waals surface area contributed by atoms with Crippen LogP contribution in [-0.4, -0.2) is 30.1 Å². The fourth-order valence-electron chi connectivity index (χ4n) is 1.35. The summed E-state index contributed by atoms with van der Waals surface area (Å²) < 4.78 is 5.09. The molecule has 1 aromatic carbocycles. The third-order valence-electron chi connectivity index (χ3n) is 2.48. The van der Waals surface area contributed by atoms with Crippen molar-refractivity contribution in [1.82, 2.24) is 0 Å². The lowest BCUT2D eigenvalue weighted by atomic mass is 10.2. The summed E-state index contributed by atoms with van der Waals surface area (Å²) in [7, 11) is 1.64. The minimum atomic E-state index is 0.0251. The summed E-state index contributed by atoms with van der Waals surface area (Å²) in [6, 6.07) is 7.81. The summed E-state index contributed by atoms with van der Waals surface area (Å²) in [6.07, 6.45) is 0.869. The Morgan fingerprint density at radius 1 is 1.38 bits per heavy atom. The molecule has 0 aliphatic rings. The Morgan fingerprint density at radius 2 is 2.00 bits per heavy atom. The molecule has 0 aromatic heterocycles. The fourth-order valence-corrected chi connectivity index (χ4v) is 2.44. The Morgan fingerprint density at radius 3 is 2.44 bits per heavy atom. The smallest absolute Gasteiger partial charge is 0.118 e. The van der Waals surface area contributed by atoms with Gasteiger partial charge in [-0.25, -0.2) is 0 Å². The molecule has 2 atom stereocenters. The molecule has 0 heterocycles. The van der Waals surface area contributed by atoms with Crippen molar-refractivity contribution in [3.63, 3.8) is 0 Å². The van der Waals surface area contributed by atoms with Crippen LogP contribution in [0.25, 0.3) is 0 Å². The van der Waals surface area contributed by atoms with Gasteiger partial charge in [0.15, 0.2) is 0 Å². The van der Waals surface area contributed by atoms with Crippen molar-refractivity contribution in [2.24, 2.45) is 5.73 Å². The standard InChI is InChI=1S/C12H19NO2S/c1-3-11(13)12(8-14)16-10-6-4-9(15-2)5-7-10/h4-7,11-12,14H,3,8,13H2,1-2H3. The quantitative estimate of drug-likeness (QED) is 0.747. The lowest BCUT2D eigenvalue weighted by molar-refractivity contribution is 0.281. The Balaban J connectivity index is 2.63. The molecule has 0 fully saturated rings. The number of methoxy groups -OCH3 is 1. The monoisotopic (exact) mass is 241 g/mol. The summed E-state index contributed by atoms with van der Waals surface area (Å²) in [6.45, 7) is 2.13. The van der Waals surface area contributed by atoms with Crippen LogP contribution in [0.3, 0.4) is 0 Å². The zero-order chi connectivity index (χ0) is 12.0. The van der Waals surface area contributed by atoms with E-state index in [0.29, 0.717) is 0 Å². The largest absolute Gasteiger partial charge is 0.497 e. The molecule has 3 N–H and O–H groups in total. The number of rotatable bonds is 6. The predicted molar refractivity (Wildman–Crippen MR) is 68.0 cm³/mol. The normalized spacial score (nSPS) is 14.5. The number of aliphatic hydroxyl groups excluding tert-OH is 1. The Kier molecular flexibility index (Phi) is 5.66. The van der Waals surface area contributed by atoms with Crippen LogP contribution in [0.1, 0.15) is 13.3 Å². The van der Waals surface area contributed by atoms with E-state index in [1.165, 1.54) is 0 Å². The number of benzene rings is 1. The van der Waals surface area contributed by atoms with Crippen molar-refractivity contribution < 1.29 is 9.84 Å². The highest BCUT2D eigenvalue weighted by Gasteiger charge is 2.16.